The van der Waals surface area contributed by atoms with Gasteiger partial charge in [0.1, 0.15) is 0 Å². The van der Waals surface area contributed by atoms with Gasteiger partial charge >= 0.3 is 0 Å². The predicted molar refractivity (Wildman–Crippen MR) is 82.5 cm³/mol. The summed E-state index contributed by atoms with van der Waals surface area (Å²) in [5, 5.41) is 23.6. The van der Waals surface area contributed by atoms with Gasteiger partial charge in [-0.25, -0.2) is 0 Å². The number of nitrogens with zero attached hydrogens (tertiary/aromatic N) is 1. The number of aryl methyl sites for hydroxylation is 1. The number of rotatable bonds is 6. The maximum absolute atomic E-state index is 10.9. The highest BCUT2D eigenvalue weighted by molar-refractivity contribution is 5.55. The van der Waals surface area contributed by atoms with E-state index in [9.17, 15) is 15.2 Å². The van der Waals surface area contributed by atoms with Gasteiger partial charge in [0.05, 0.1) is 17.6 Å². The first kappa shape index (κ1) is 15.0. The molecule has 0 saturated carbocycles. The zero-order valence-corrected chi connectivity index (χ0v) is 11.8. The van der Waals surface area contributed by atoms with Crippen molar-refractivity contribution in [3.8, 4) is 0 Å². The first-order valence-electron chi connectivity index (χ1n) is 6.76. The van der Waals surface area contributed by atoms with Crippen molar-refractivity contribution in [1.82, 2.24) is 0 Å². The second kappa shape index (κ2) is 6.85. The van der Waals surface area contributed by atoms with Gasteiger partial charge in [0.2, 0.25) is 0 Å². The predicted octanol–water partition coefficient (Wildman–Crippen LogP) is 2.92. The molecule has 2 aromatic rings. The molecule has 21 heavy (non-hydrogen) atoms. The third-order valence-electron chi connectivity index (χ3n) is 3.32. The van der Waals surface area contributed by atoms with Crippen LogP contribution in [0.15, 0.2) is 48.5 Å². The number of hydrogen-bond acceptors (Lipinski definition) is 4. The number of aliphatic hydroxyl groups is 1. The molecule has 5 heteroatoms. The summed E-state index contributed by atoms with van der Waals surface area (Å²) < 4.78 is 0. The lowest BCUT2D eigenvalue weighted by Crippen LogP contribution is -2.26. The second-order valence-electron chi connectivity index (χ2n) is 4.97. The van der Waals surface area contributed by atoms with Crippen molar-refractivity contribution in [1.29, 1.82) is 0 Å². The van der Waals surface area contributed by atoms with Gasteiger partial charge in [-0.2, -0.15) is 0 Å². The smallest absolute Gasteiger partial charge is 0.274 e. The zero-order chi connectivity index (χ0) is 15.2. The van der Waals surface area contributed by atoms with E-state index >= 15 is 0 Å². The minimum Gasteiger partial charge on any atom is -0.394 e. The van der Waals surface area contributed by atoms with E-state index in [2.05, 4.69) is 5.32 Å². The van der Waals surface area contributed by atoms with Crippen molar-refractivity contribution < 1.29 is 10.0 Å². The van der Waals surface area contributed by atoms with Crippen LogP contribution in [0.5, 0.6) is 0 Å². The van der Waals surface area contributed by atoms with Crippen LogP contribution in [0.1, 0.15) is 11.1 Å². The van der Waals surface area contributed by atoms with E-state index in [4.69, 9.17) is 0 Å². The molecule has 5 nitrogen and oxygen atoms in total. The molecule has 0 aromatic heterocycles. The fraction of sp³-hybridized carbons (Fsp3) is 0.250. The number of anilines is 1. The monoisotopic (exact) mass is 286 g/mol. The molecule has 0 bridgehead atoms. The Labute approximate surface area is 123 Å². The number of benzene rings is 2. The van der Waals surface area contributed by atoms with Crippen molar-refractivity contribution in [3.05, 3.63) is 69.8 Å². The van der Waals surface area contributed by atoms with Crippen LogP contribution < -0.4 is 5.32 Å². The number of aliphatic hydroxyl groups excluding tert-OH is 1. The number of nitrogens with one attached hydrogen (secondary N) is 1. The highest BCUT2D eigenvalue weighted by Crippen LogP contribution is 2.23. The van der Waals surface area contributed by atoms with E-state index in [1.807, 2.05) is 30.3 Å². The molecule has 0 aliphatic carbocycles. The Morgan fingerprint density at radius 2 is 1.95 bits per heavy atom. The summed E-state index contributed by atoms with van der Waals surface area (Å²) in [5.41, 5.74) is 2.44. The molecule has 0 fully saturated rings. The minimum atomic E-state index is -0.397. The van der Waals surface area contributed by atoms with E-state index in [1.165, 1.54) is 6.07 Å². The molecule has 0 aliphatic heterocycles. The summed E-state index contributed by atoms with van der Waals surface area (Å²) in [5.74, 6) is 0. The Kier molecular flexibility index (Phi) is 4.90. The topological polar surface area (TPSA) is 75.4 Å². The van der Waals surface area contributed by atoms with Crippen LogP contribution in [-0.2, 0) is 6.42 Å². The van der Waals surface area contributed by atoms with Gasteiger partial charge in [0.15, 0.2) is 0 Å². The van der Waals surface area contributed by atoms with Gasteiger partial charge in [-0.05, 0) is 25.0 Å². The third kappa shape index (κ3) is 4.03. The number of nitro groups is 1. The average Bonchev–Trinajstić information content (AvgIpc) is 2.49. The first-order valence-corrected chi connectivity index (χ1v) is 6.76. The molecular formula is C16H18N2O3. The summed E-state index contributed by atoms with van der Waals surface area (Å²) in [6, 6.07) is 14.6. The van der Waals surface area contributed by atoms with E-state index in [-0.39, 0.29) is 18.3 Å². The van der Waals surface area contributed by atoms with E-state index in [0.717, 1.165) is 5.56 Å². The van der Waals surface area contributed by atoms with Crippen molar-refractivity contribution in [2.24, 2.45) is 0 Å². The van der Waals surface area contributed by atoms with Crippen LogP contribution in [0.2, 0.25) is 0 Å². The van der Waals surface area contributed by atoms with E-state index in [1.54, 1.807) is 19.1 Å². The summed E-state index contributed by atoms with van der Waals surface area (Å²) in [7, 11) is 0. The molecule has 1 atom stereocenters. The van der Waals surface area contributed by atoms with Crippen molar-refractivity contribution in [2.75, 3.05) is 11.9 Å². The summed E-state index contributed by atoms with van der Waals surface area (Å²) in [6.45, 7) is 1.66. The lowest BCUT2D eigenvalue weighted by molar-refractivity contribution is -0.385. The Morgan fingerprint density at radius 1 is 1.24 bits per heavy atom. The van der Waals surface area contributed by atoms with Gasteiger partial charge < -0.3 is 10.4 Å². The Hall–Kier alpha value is -2.40. The maximum atomic E-state index is 10.9. The normalized spacial score (nSPS) is 11.9. The average molecular weight is 286 g/mol. The quantitative estimate of drug-likeness (QED) is 0.632. The van der Waals surface area contributed by atoms with Crippen LogP contribution in [-0.4, -0.2) is 22.7 Å². The van der Waals surface area contributed by atoms with Gasteiger partial charge in [0, 0.05) is 17.3 Å². The minimum absolute atomic E-state index is 0.0451. The van der Waals surface area contributed by atoms with Crippen LogP contribution in [0, 0.1) is 17.0 Å². The van der Waals surface area contributed by atoms with Gasteiger partial charge in [-0.1, -0.05) is 36.4 Å². The van der Waals surface area contributed by atoms with Crippen LogP contribution in [0.3, 0.4) is 0 Å². The molecule has 2 N–H and O–H groups in total. The Balaban J connectivity index is 2.11. The fourth-order valence-electron chi connectivity index (χ4n) is 2.19. The molecule has 0 radical (unpaired) electrons. The lowest BCUT2D eigenvalue weighted by atomic mass is 10.1. The highest BCUT2D eigenvalue weighted by Gasteiger charge is 2.13. The van der Waals surface area contributed by atoms with Crippen LogP contribution >= 0.6 is 0 Å². The third-order valence-corrected chi connectivity index (χ3v) is 3.32. The SMILES string of the molecule is Cc1ccc(NC(CO)Cc2ccccc2)cc1[N+](=O)[O-]. The van der Waals surface area contributed by atoms with Crippen molar-refractivity contribution in [2.45, 2.75) is 19.4 Å². The molecule has 0 saturated heterocycles. The molecule has 0 heterocycles. The lowest BCUT2D eigenvalue weighted by Gasteiger charge is -2.18. The zero-order valence-electron chi connectivity index (χ0n) is 11.8. The summed E-state index contributed by atoms with van der Waals surface area (Å²) >= 11 is 0. The fourth-order valence-corrected chi connectivity index (χ4v) is 2.19. The van der Waals surface area contributed by atoms with Gasteiger partial charge in [0.25, 0.3) is 5.69 Å². The molecule has 0 spiro atoms. The number of nitro benzene ring substituents is 1. The maximum Gasteiger partial charge on any atom is 0.274 e. The molecule has 110 valence electrons. The standard InChI is InChI=1S/C16H18N2O3/c1-12-7-8-14(10-16(12)18(20)21)17-15(11-19)9-13-5-3-2-4-6-13/h2-8,10,15,17,19H,9,11H2,1H3. The second-order valence-corrected chi connectivity index (χ2v) is 4.97. The van der Waals surface area contributed by atoms with Gasteiger partial charge in [-0.3, -0.25) is 10.1 Å². The number of hydrogen-bond donors (Lipinski definition) is 2. The van der Waals surface area contributed by atoms with E-state index < -0.39 is 4.92 Å². The largest absolute Gasteiger partial charge is 0.394 e. The molecule has 2 aromatic carbocycles. The van der Waals surface area contributed by atoms with E-state index in [0.29, 0.717) is 17.7 Å². The Morgan fingerprint density at radius 3 is 2.57 bits per heavy atom. The molecular weight excluding hydrogens is 268 g/mol. The summed E-state index contributed by atoms with van der Waals surface area (Å²) in [6.07, 6.45) is 0.652. The molecule has 2 rings (SSSR count). The van der Waals surface area contributed by atoms with Crippen LogP contribution in [0.25, 0.3) is 0 Å². The first-order chi connectivity index (χ1) is 10.1. The van der Waals surface area contributed by atoms with Gasteiger partial charge in [-0.15, -0.1) is 0 Å². The molecule has 0 amide bonds. The van der Waals surface area contributed by atoms with Crippen molar-refractivity contribution in [3.63, 3.8) is 0 Å². The molecule has 0 aliphatic rings. The van der Waals surface area contributed by atoms with Crippen molar-refractivity contribution >= 4 is 11.4 Å². The highest BCUT2D eigenvalue weighted by atomic mass is 16.6. The molecule has 1 unspecified atom stereocenters. The Bertz CT molecular complexity index is 614. The summed E-state index contributed by atoms with van der Waals surface area (Å²) in [4.78, 5) is 10.6. The van der Waals surface area contributed by atoms with Crippen LogP contribution in [0.4, 0.5) is 11.4 Å².